The van der Waals surface area contributed by atoms with Gasteiger partial charge in [0.05, 0.1) is 6.33 Å². The molecular formula is C14H23N3. The maximum Gasteiger partial charge on any atom is 0.0951 e. The maximum absolute atomic E-state index is 4.40. The molecule has 3 rings (SSSR count). The molecule has 0 bridgehead atoms. The van der Waals surface area contributed by atoms with E-state index in [0.29, 0.717) is 5.41 Å². The van der Waals surface area contributed by atoms with Crippen molar-refractivity contribution >= 4 is 0 Å². The summed E-state index contributed by atoms with van der Waals surface area (Å²) in [4.78, 5) is 4.40. The minimum Gasteiger partial charge on any atom is -0.331 e. The van der Waals surface area contributed by atoms with Crippen LogP contribution in [0.3, 0.4) is 0 Å². The molecule has 2 aliphatic rings. The average Bonchev–Trinajstić information content (AvgIpc) is 2.78. The van der Waals surface area contributed by atoms with Crippen LogP contribution < -0.4 is 5.32 Å². The third-order valence-corrected chi connectivity index (χ3v) is 4.56. The summed E-state index contributed by atoms with van der Waals surface area (Å²) in [7, 11) is 0. The molecule has 1 aromatic rings. The zero-order chi connectivity index (χ0) is 11.9. The van der Waals surface area contributed by atoms with Gasteiger partial charge in [-0.1, -0.05) is 20.3 Å². The summed E-state index contributed by atoms with van der Waals surface area (Å²) in [6.07, 6.45) is 9.43. The van der Waals surface area contributed by atoms with Crippen LogP contribution in [0.15, 0.2) is 12.5 Å². The Morgan fingerprint density at radius 1 is 1.59 bits per heavy atom. The van der Waals surface area contributed by atoms with Crippen LogP contribution in [-0.4, -0.2) is 22.6 Å². The standard InChI is InChI=1S/C14H23N3/c1-3-4-11-7-12(11)17-10-16-8-13(17)14(2)5-6-15-9-14/h8,10-12,15H,3-7,9H2,1-2H3. The lowest BCUT2D eigenvalue weighted by molar-refractivity contribution is 0.464. The van der Waals surface area contributed by atoms with Gasteiger partial charge in [-0.15, -0.1) is 0 Å². The fourth-order valence-corrected chi connectivity index (χ4v) is 3.33. The first-order valence-electron chi connectivity index (χ1n) is 6.97. The molecule has 1 aliphatic carbocycles. The van der Waals surface area contributed by atoms with E-state index >= 15 is 0 Å². The largest absolute Gasteiger partial charge is 0.331 e. The molecule has 3 atom stereocenters. The minimum atomic E-state index is 0.301. The van der Waals surface area contributed by atoms with E-state index in [1.807, 2.05) is 0 Å². The highest BCUT2D eigenvalue weighted by molar-refractivity contribution is 5.19. The summed E-state index contributed by atoms with van der Waals surface area (Å²) in [6, 6.07) is 0.741. The van der Waals surface area contributed by atoms with Crippen LogP contribution in [-0.2, 0) is 5.41 Å². The highest BCUT2D eigenvalue weighted by atomic mass is 15.1. The Morgan fingerprint density at radius 2 is 2.47 bits per heavy atom. The van der Waals surface area contributed by atoms with Crippen molar-refractivity contribution in [3.05, 3.63) is 18.2 Å². The lowest BCUT2D eigenvalue weighted by atomic mass is 9.86. The lowest BCUT2D eigenvalue weighted by Gasteiger charge is -2.24. The Labute approximate surface area is 104 Å². The molecule has 0 amide bonds. The minimum absolute atomic E-state index is 0.301. The second-order valence-electron chi connectivity index (χ2n) is 6.03. The van der Waals surface area contributed by atoms with Gasteiger partial charge in [-0.05, 0) is 31.7 Å². The number of nitrogens with zero attached hydrogens (tertiary/aromatic N) is 2. The van der Waals surface area contributed by atoms with Crippen LogP contribution in [0.1, 0.15) is 51.3 Å². The fourth-order valence-electron chi connectivity index (χ4n) is 3.33. The van der Waals surface area contributed by atoms with Crippen LogP contribution in [0.2, 0.25) is 0 Å². The van der Waals surface area contributed by atoms with E-state index < -0.39 is 0 Å². The first kappa shape index (κ1) is 11.3. The Bertz CT molecular complexity index is 390. The van der Waals surface area contributed by atoms with E-state index in [2.05, 4.69) is 41.2 Å². The summed E-state index contributed by atoms with van der Waals surface area (Å²) in [5.41, 5.74) is 1.75. The molecule has 3 heteroatoms. The van der Waals surface area contributed by atoms with Crippen molar-refractivity contribution in [2.75, 3.05) is 13.1 Å². The Hall–Kier alpha value is -0.830. The number of nitrogens with one attached hydrogen (secondary N) is 1. The number of aromatic nitrogens is 2. The SMILES string of the molecule is CCCC1CC1n1cncc1C1(C)CCNC1. The predicted octanol–water partition coefficient (Wildman–Crippen LogP) is 2.50. The van der Waals surface area contributed by atoms with Crippen LogP contribution in [0.5, 0.6) is 0 Å². The molecule has 1 aromatic heterocycles. The van der Waals surface area contributed by atoms with Gasteiger partial charge in [-0.3, -0.25) is 0 Å². The summed E-state index contributed by atoms with van der Waals surface area (Å²) < 4.78 is 2.47. The van der Waals surface area contributed by atoms with Gasteiger partial charge in [0.2, 0.25) is 0 Å². The van der Waals surface area contributed by atoms with Gasteiger partial charge < -0.3 is 9.88 Å². The molecule has 1 aliphatic heterocycles. The maximum atomic E-state index is 4.40. The van der Waals surface area contributed by atoms with Crippen molar-refractivity contribution < 1.29 is 0 Å². The summed E-state index contributed by atoms with van der Waals surface area (Å²) in [6.45, 7) is 6.90. The van der Waals surface area contributed by atoms with Crippen molar-refractivity contribution in [1.82, 2.24) is 14.9 Å². The van der Waals surface area contributed by atoms with Gasteiger partial charge in [0.1, 0.15) is 0 Å². The third kappa shape index (κ3) is 1.90. The Balaban J connectivity index is 1.81. The number of hydrogen-bond donors (Lipinski definition) is 1. The van der Waals surface area contributed by atoms with Crippen molar-refractivity contribution in [3.8, 4) is 0 Å². The molecule has 1 saturated heterocycles. The van der Waals surface area contributed by atoms with Gasteiger partial charge in [0.25, 0.3) is 0 Å². The summed E-state index contributed by atoms with van der Waals surface area (Å²) in [5, 5.41) is 3.48. The molecule has 17 heavy (non-hydrogen) atoms. The van der Waals surface area contributed by atoms with Crippen molar-refractivity contribution in [3.63, 3.8) is 0 Å². The van der Waals surface area contributed by atoms with Crippen LogP contribution >= 0.6 is 0 Å². The number of imidazole rings is 1. The smallest absolute Gasteiger partial charge is 0.0951 e. The lowest BCUT2D eigenvalue weighted by Crippen LogP contribution is -2.27. The average molecular weight is 233 g/mol. The fraction of sp³-hybridized carbons (Fsp3) is 0.786. The molecule has 2 fully saturated rings. The van der Waals surface area contributed by atoms with Crippen LogP contribution in [0.4, 0.5) is 0 Å². The van der Waals surface area contributed by atoms with E-state index in [4.69, 9.17) is 0 Å². The van der Waals surface area contributed by atoms with Crippen molar-refractivity contribution in [1.29, 1.82) is 0 Å². The monoisotopic (exact) mass is 233 g/mol. The zero-order valence-corrected chi connectivity index (χ0v) is 10.9. The summed E-state index contributed by atoms with van der Waals surface area (Å²) >= 11 is 0. The molecule has 2 heterocycles. The molecule has 94 valence electrons. The molecule has 0 radical (unpaired) electrons. The van der Waals surface area contributed by atoms with Crippen LogP contribution in [0, 0.1) is 5.92 Å². The molecule has 1 N–H and O–H groups in total. The van der Waals surface area contributed by atoms with E-state index in [1.165, 1.54) is 31.4 Å². The third-order valence-electron chi connectivity index (χ3n) is 4.56. The second kappa shape index (κ2) is 4.13. The number of rotatable bonds is 4. The van der Waals surface area contributed by atoms with Gasteiger partial charge in [-0.2, -0.15) is 0 Å². The Morgan fingerprint density at radius 3 is 3.18 bits per heavy atom. The van der Waals surface area contributed by atoms with Crippen molar-refractivity contribution in [2.24, 2.45) is 5.92 Å². The first-order chi connectivity index (χ1) is 8.24. The molecule has 1 saturated carbocycles. The van der Waals surface area contributed by atoms with E-state index in [-0.39, 0.29) is 0 Å². The van der Waals surface area contributed by atoms with E-state index in [9.17, 15) is 0 Å². The van der Waals surface area contributed by atoms with Gasteiger partial charge in [0, 0.05) is 29.9 Å². The van der Waals surface area contributed by atoms with Gasteiger partial charge >= 0.3 is 0 Å². The molecule has 3 unspecified atom stereocenters. The van der Waals surface area contributed by atoms with Crippen molar-refractivity contribution in [2.45, 2.75) is 51.0 Å². The van der Waals surface area contributed by atoms with Crippen LogP contribution in [0.25, 0.3) is 0 Å². The Kier molecular flexibility index (Phi) is 2.74. The summed E-state index contributed by atoms with van der Waals surface area (Å²) in [5.74, 6) is 0.908. The molecular weight excluding hydrogens is 210 g/mol. The quantitative estimate of drug-likeness (QED) is 0.866. The highest BCUT2D eigenvalue weighted by Crippen LogP contribution is 2.48. The first-order valence-corrected chi connectivity index (χ1v) is 6.97. The normalized spacial score (nSPS) is 36.4. The highest BCUT2D eigenvalue weighted by Gasteiger charge is 2.42. The zero-order valence-electron chi connectivity index (χ0n) is 10.9. The molecule has 3 nitrogen and oxygen atoms in total. The number of hydrogen-bond acceptors (Lipinski definition) is 2. The topological polar surface area (TPSA) is 29.9 Å². The van der Waals surface area contributed by atoms with E-state index in [0.717, 1.165) is 25.0 Å². The second-order valence-corrected chi connectivity index (χ2v) is 6.03. The van der Waals surface area contributed by atoms with Gasteiger partial charge in [-0.25, -0.2) is 4.98 Å². The molecule has 0 aromatic carbocycles. The van der Waals surface area contributed by atoms with E-state index in [1.54, 1.807) is 0 Å². The molecule has 0 spiro atoms. The van der Waals surface area contributed by atoms with Gasteiger partial charge in [0.15, 0.2) is 0 Å². The predicted molar refractivity (Wildman–Crippen MR) is 69.1 cm³/mol.